The van der Waals surface area contributed by atoms with Gasteiger partial charge in [-0.05, 0) is 54.4 Å². The molecule has 0 spiro atoms. The number of rotatable bonds is 6. The van der Waals surface area contributed by atoms with Crippen LogP contribution in [0.15, 0.2) is 97.3 Å². The maximum absolute atomic E-state index is 13.9. The summed E-state index contributed by atoms with van der Waals surface area (Å²) < 4.78 is 7.11. The minimum Gasteiger partial charge on any atom is -0.457 e. The summed E-state index contributed by atoms with van der Waals surface area (Å²) in [6, 6.07) is 26.7. The second-order valence-electron chi connectivity index (χ2n) is 7.58. The van der Waals surface area contributed by atoms with E-state index in [9.17, 15) is 4.79 Å². The molecule has 3 aromatic carbocycles. The predicted octanol–water partition coefficient (Wildman–Crippen LogP) is 6.64. The molecular weight excluding hydrogens is 430 g/mol. The Kier molecular flexibility index (Phi) is 5.83. The molecular formula is C27H21N3O2S. The van der Waals surface area contributed by atoms with Crippen molar-refractivity contribution in [3.63, 3.8) is 0 Å². The molecule has 0 radical (unpaired) electrons. The number of pyridine rings is 1. The van der Waals surface area contributed by atoms with Gasteiger partial charge in [0, 0.05) is 12.4 Å². The predicted molar refractivity (Wildman–Crippen MR) is 132 cm³/mol. The zero-order valence-corrected chi connectivity index (χ0v) is 18.8. The number of anilines is 1. The van der Waals surface area contributed by atoms with Crippen molar-refractivity contribution in [3.8, 4) is 11.5 Å². The second-order valence-corrected chi connectivity index (χ2v) is 8.59. The average Bonchev–Trinajstić information content (AvgIpc) is 3.29. The number of carbonyl (C=O) groups excluding carboxylic acids is 1. The fraction of sp³-hybridized carbons (Fsp3) is 0.0741. The summed E-state index contributed by atoms with van der Waals surface area (Å²) in [7, 11) is 0. The molecule has 0 saturated carbocycles. The molecule has 0 saturated heterocycles. The molecule has 0 unspecified atom stereocenters. The van der Waals surface area contributed by atoms with Crippen molar-refractivity contribution in [1.29, 1.82) is 0 Å². The molecule has 162 valence electrons. The molecule has 0 N–H and O–H groups in total. The van der Waals surface area contributed by atoms with Gasteiger partial charge in [0.25, 0.3) is 5.91 Å². The highest BCUT2D eigenvalue weighted by atomic mass is 32.1. The van der Waals surface area contributed by atoms with Gasteiger partial charge in [-0.2, -0.15) is 0 Å². The molecule has 2 aromatic heterocycles. The number of para-hydroxylation sites is 3. The lowest BCUT2D eigenvalue weighted by Crippen LogP contribution is -2.30. The van der Waals surface area contributed by atoms with Crippen molar-refractivity contribution >= 4 is 32.6 Å². The third-order valence-corrected chi connectivity index (χ3v) is 6.28. The quantitative estimate of drug-likeness (QED) is 0.290. The number of hydrogen-bond acceptors (Lipinski definition) is 5. The fourth-order valence-electron chi connectivity index (χ4n) is 3.58. The largest absolute Gasteiger partial charge is 0.457 e. The minimum atomic E-state index is -0.179. The number of aromatic nitrogens is 2. The van der Waals surface area contributed by atoms with Crippen molar-refractivity contribution in [1.82, 2.24) is 9.97 Å². The zero-order chi connectivity index (χ0) is 22.6. The maximum atomic E-state index is 13.9. The first-order valence-corrected chi connectivity index (χ1v) is 11.4. The van der Waals surface area contributed by atoms with Crippen LogP contribution in [-0.2, 0) is 6.54 Å². The van der Waals surface area contributed by atoms with Crippen molar-refractivity contribution < 1.29 is 9.53 Å². The van der Waals surface area contributed by atoms with Crippen LogP contribution in [0, 0.1) is 6.92 Å². The van der Waals surface area contributed by atoms with Crippen LogP contribution >= 0.6 is 11.3 Å². The fourth-order valence-corrected chi connectivity index (χ4v) is 4.62. The van der Waals surface area contributed by atoms with Gasteiger partial charge in [-0.3, -0.25) is 14.7 Å². The smallest absolute Gasteiger partial charge is 0.264 e. The first-order valence-electron chi connectivity index (χ1n) is 10.6. The van der Waals surface area contributed by atoms with Crippen molar-refractivity contribution in [2.75, 3.05) is 4.90 Å². The molecule has 0 fully saturated rings. The second kappa shape index (κ2) is 9.22. The summed E-state index contributed by atoms with van der Waals surface area (Å²) >= 11 is 1.50. The van der Waals surface area contributed by atoms with Gasteiger partial charge < -0.3 is 4.74 Å². The topological polar surface area (TPSA) is 55.3 Å². The normalized spacial score (nSPS) is 10.8. The Labute approximate surface area is 195 Å². The van der Waals surface area contributed by atoms with Crippen molar-refractivity contribution in [2.24, 2.45) is 0 Å². The number of fused-ring (bicyclic) bond motifs is 1. The number of thiazole rings is 1. The highest BCUT2D eigenvalue weighted by Crippen LogP contribution is 2.34. The molecule has 5 aromatic rings. The van der Waals surface area contributed by atoms with Gasteiger partial charge in [0.15, 0.2) is 5.13 Å². The Hall–Kier alpha value is -4.03. The number of amides is 1. The summed E-state index contributed by atoms with van der Waals surface area (Å²) in [6.07, 6.45) is 3.49. The molecule has 2 heterocycles. The average molecular weight is 452 g/mol. The molecule has 5 rings (SSSR count). The van der Waals surface area contributed by atoms with Gasteiger partial charge in [0.1, 0.15) is 11.5 Å². The van der Waals surface area contributed by atoms with E-state index < -0.39 is 0 Å². The van der Waals surface area contributed by atoms with E-state index in [2.05, 4.69) is 4.98 Å². The van der Waals surface area contributed by atoms with E-state index in [1.807, 2.05) is 85.8 Å². The van der Waals surface area contributed by atoms with Crippen LogP contribution < -0.4 is 9.64 Å². The molecule has 33 heavy (non-hydrogen) atoms. The molecule has 6 heteroatoms. The Morgan fingerprint density at radius 2 is 1.76 bits per heavy atom. The van der Waals surface area contributed by atoms with Crippen LogP contribution in [0.25, 0.3) is 10.2 Å². The lowest BCUT2D eigenvalue weighted by atomic mass is 10.1. The van der Waals surface area contributed by atoms with Gasteiger partial charge in [0.2, 0.25) is 0 Å². The number of ether oxygens (including phenoxy) is 1. The number of benzene rings is 3. The van der Waals surface area contributed by atoms with E-state index in [0.717, 1.165) is 21.3 Å². The number of aryl methyl sites for hydroxylation is 1. The van der Waals surface area contributed by atoms with Crippen LogP contribution in [0.2, 0.25) is 0 Å². The number of nitrogens with zero attached hydrogens (tertiary/aromatic N) is 3. The SMILES string of the molecule is Cc1cccc2sc(N(Cc3cccnc3)C(=O)c3ccccc3Oc3ccccc3)nc12. The molecule has 0 aliphatic carbocycles. The van der Waals surface area contributed by atoms with Crippen LogP contribution in [0.1, 0.15) is 21.5 Å². The van der Waals surface area contributed by atoms with Crippen molar-refractivity contribution in [2.45, 2.75) is 13.5 Å². The summed E-state index contributed by atoms with van der Waals surface area (Å²) in [5.41, 5.74) is 3.39. The van der Waals surface area contributed by atoms with Crippen molar-refractivity contribution in [3.05, 3.63) is 114 Å². The zero-order valence-electron chi connectivity index (χ0n) is 18.0. The molecule has 0 atom stereocenters. The van der Waals surface area contributed by atoms with Crippen LogP contribution in [0.4, 0.5) is 5.13 Å². The van der Waals surface area contributed by atoms with Crippen LogP contribution in [0.5, 0.6) is 11.5 Å². The number of carbonyl (C=O) groups is 1. The number of hydrogen-bond donors (Lipinski definition) is 0. The van der Waals surface area contributed by atoms with E-state index in [1.54, 1.807) is 23.4 Å². The summed E-state index contributed by atoms with van der Waals surface area (Å²) in [4.78, 5) is 24.7. The molecule has 1 amide bonds. The van der Waals surface area contributed by atoms with Gasteiger partial charge >= 0.3 is 0 Å². The highest BCUT2D eigenvalue weighted by Gasteiger charge is 2.25. The molecule has 0 aliphatic rings. The highest BCUT2D eigenvalue weighted by molar-refractivity contribution is 7.22. The Morgan fingerprint density at radius 1 is 0.939 bits per heavy atom. The third-order valence-electron chi connectivity index (χ3n) is 5.24. The first kappa shape index (κ1) is 20.8. The van der Waals surface area contributed by atoms with E-state index >= 15 is 0 Å². The molecule has 5 nitrogen and oxygen atoms in total. The Morgan fingerprint density at radius 3 is 2.55 bits per heavy atom. The maximum Gasteiger partial charge on any atom is 0.264 e. The van der Waals surface area contributed by atoms with E-state index in [0.29, 0.717) is 28.7 Å². The Balaban J connectivity index is 1.57. The van der Waals surface area contributed by atoms with E-state index in [4.69, 9.17) is 9.72 Å². The van der Waals surface area contributed by atoms with E-state index in [-0.39, 0.29) is 5.91 Å². The summed E-state index contributed by atoms with van der Waals surface area (Å²) in [6.45, 7) is 2.38. The van der Waals surface area contributed by atoms with Gasteiger partial charge in [0.05, 0.1) is 22.3 Å². The van der Waals surface area contributed by atoms with E-state index in [1.165, 1.54) is 11.3 Å². The Bertz CT molecular complexity index is 1400. The van der Waals surface area contributed by atoms with Gasteiger partial charge in [-0.25, -0.2) is 4.98 Å². The molecule has 0 bridgehead atoms. The summed E-state index contributed by atoms with van der Waals surface area (Å²) in [5, 5.41) is 0.641. The lowest BCUT2D eigenvalue weighted by Gasteiger charge is -2.21. The van der Waals surface area contributed by atoms with Gasteiger partial charge in [-0.15, -0.1) is 0 Å². The monoisotopic (exact) mass is 451 g/mol. The standard InChI is InChI=1S/C27H21N3O2S/c1-19-9-7-15-24-25(19)29-27(33-24)30(18-20-10-8-16-28-17-20)26(31)22-13-5-6-14-23(22)32-21-11-3-2-4-12-21/h2-17H,18H2,1H3. The van der Waals surface area contributed by atoms with Gasteiger partial charge in [-0.1, -0.05) is 59.9 Å². The lowest BCUT2D eigenvalue weighted by molar-refractivity contribution is 0.0983. The van der Waals surface area contributed by atoms with Crippen LogP contribution in [-0.4, -0.2) is 15.9 Å². The minimum absolute atomic E-state index is 0.179. The van der Waals surface area contributed by atoms with Crippen LogP contribution in [0.3, 0.4) is 0 Å². The summed E-state index contributed by atoms with van der Waals surface area (Å²) in [5.74, 6) is 0.997. The third kappa shape index (κ3) is 4.47. The molecule has 0 aliphatic heterocycles. The first-order chi connectivity index (χ1) is 16.2.